The number of rotatable bonds is 4. The number of amides is 1. The van der Waals surface area contributed by atoms with E-state index >= 15 is 0 Å². The van der Waals surface area contributed by atoms with Crippen LogP contribution in [0.5, 0.6) is 0 Å². The van der Waals surface area contributed by atoms with Crippen molar-refractivity contribution in [3.8, 4) is 0 Å². The Kier molecular flexibility index (Phi) is 4.15. The van der Waals surface area contributed by atoms with E-state index in [4.69, 9.17) is 11.6 Å². The van der Waals surface area contributed by atoms with Crippen molar-refractivity contribution in [3.05, 3.63) is 34.9 Å². The van der Waals surface area contributed by atoms with Crippen LogP contribution in [0.3, 0.4) is 0 Å². The maximum absolute atomic E-state index is 12.9. The maximum atomic E-state index is 12.9. The average Bonchev–Trinajstić information content (AvgIpc) is 2.52. The van der Waals surface area contributed by atoms with E-state index in [0.717, 1.165) is 16.9 Å². The zero-order valence-corrected chi connectivity index (χ0v) is 15.5. The van der Waals surface area contributed by atoms with Crippen molar-refractivity contribution in [2.24, 2.45) is 29.6 Å². The van der Waals surface area contributed by atoms with Crippen molar-refractivity contribution < 1.29 is 4.79 Å². The Morgan fingerprint density at radius 2 is 1.75 bits per heavy atom. The first-order chi connectivity index (χ1) is 11.4. The van der Waals surface area contributed by atoms with Gasteiger partial charge in [-0.2, -0.15) is 0 Å². The molecule has 4 aliphatic carbocycles. The highest BCUT2D eigenvalue weighted by molar-refractivity contribution is 6.30. The molecular formula is C21H28ClNO. The molecule has 1 aromatic rings. The molecule has 0 spiro atoms. The highest BCUT2D eigenvalue weighted by atomic mass is 35.5. The number of carbonyl (C=O) groups is 1. The van der Waals surface area contributed by atoms with Crippen LogP contribution >= 0.6 is 11.6 Å². The third-order valence-corrected chi connectivity index (χ3v) is 7.08. The number of hydrogen-bond acceptors (Lipinski definition) is 1. The third-order valence-electron chi connectivity index (χ3n) is 6.84. The molecule has 1 amide bonds. The van der Waals surface area contributed by atoms with E-state index < -0.39 is 0 Å². The monoisotopic (exact) mass is 345 g/mol. The fourth-order valence-corrected chi connectivity index (χ4v) is 5.98. The SMILES string of the molecule is CC(C)(CNC(=O)C1C2CC3CC(C2)CC1C3)c1cccc(Cl)c1. The van der Waals surface area contributed by atoms with Crippen LogP contribution in [-0.4, -0.2) is 12.5 Å². The lowest BCUT2D eigenvalue weighted by Crippen LogP contribution is -2.52. The van der Waals surface area contributed by atoms with Gasteiger partial charge in [0.1, 0.15) is 0 Å². The van der Waals surface area contributed by atoms with Crippen molar-refractivity contribution in [1.82, 2.24) is 5.32 Å². The van der Waals surface area contributed by atoms with Gasteiger partial charge in [0.25, 0.3) is 0 Å². The summed E-state index contributed by atoms with van der Waals surface area (Å²) in [5.41, 5.74) is 1.08. The molecule has 0 aromatic heterocycles. The van der Waals surface area contributed by atoms with E-state index in [1.807, 2.05) is 18.2 Å². The zero-order chi connectivity index (χ0) is 16.9. The fraction of sp³-hybridized carbons (Fsp3) is 0.667. The fourth-order valence-electron chi connectivity index (χ4n) is 5.79. The molecule has 0 heterocycles. The molecule has 130 valence electrons. The van der Waals surface area contributed by atoms with Crippen LogP contribution in [0, 0.1) is 29.6 Å². The van der Waals surface area contributed by atoms with Crippen LogP contribution in [0.2, 0.25) is 5.02 Å². The quantitative estimate of drug-likeness (QED) is 0.833. The number of benzene rings is 1. The van der Waals surface area contributed by atoms with E-state index in [1.54, 1.807) is 0 Å². The minimum absolute atomic E-state index is 0.105. The van der Waals surface area contributed by atoms with E-state index in [0.29, 0.717) is 24.3 Å². The lowest BCUT2D eigenvalue weighted by Gasteiger charge is -2.53. The molecule has 1 N–H and O–H groups in total. The summed E-state index contributed by atoms with van der Waals surface area (Å²) in [7, 11) is 0. The summed E-state index contributed by atoms with van der Waals surface area (Å²) in [5.74, 6) is 3.71. The maximum Gasteiger partial charge on any atom is 0.223 e. The summed E-state index contributed by atoms with van der Waals surface area (Å²) in [6.45, 7) is 5.03. The summed E-state index contributed by atoms with van der Waals surface area (Å²) in [6.07, 6.45) is 6.61. The molecule has 4 aliphatic rings. The van der Waals surface area contributed by atoms with Crippen molar-refractivity contribution in [1.29, 1.82) is 0 Å². The highest BCUT2D eigenvalue weighted by Gasteiger charge is 2.50. The lowest BCUT2D eigenvalue weighted by molar-refractivity contribution is -0.138. The predicted molar refractivity (Wildman–Crippen MR) is 98.0 cm³/mol. The van der Waals surface area contributed by atoms with E-state index in [1.165, 1.54) is 37.7 Å². The van der Waals surface area contributed by atoms with Gasteiger partial charge in [-0.25, -0.2) is 0 Å². The van der Waals surface area contributed by atoms with Gasteiger partial charge in [0.15, 0.2) is 0 Å². The van der Waals surface area contributed by atoms with Gasteiger partial charge in [0.05, 0.1) is 0 Å². The van der Waals surface area contributed by atoms with Crippen LogP contribution in [0.1, 0.15) is 51.5 Å². The summed E-state index contributed by atoms with van der Waals surface area (Å²) < 4.78 is 0. The van der Waals surface area contributed by atoms with E-state index in [-0.39, 0.29) is 11.3 Å². The van der Waals surface area contributed by atoms with Gasteiger partial charge in [-0.15, -0.1) is 0 Å². The van der Waals surface area contributed by atoms with Crippen molar-refractivity contribution in [2.75, 3.05) is 6.54 Å². The Balaban J connectivity index is 1.41. The van der Waals surface area contributed by atoms with Crippen molar-refractivity contribution >= 4 is 17.5 Å². The van der Waals surface area contributed by atoms with Gasteiger partial charge in [-0.05, 0) is 73.5 Å². The molecule has 0 radical (unpaired) electrons. The molecule has 4 fully saturated rings. The summed E-state index contributed by atoms with van der Waals surface area (Å²) in [6, 6.07) is 7.99. The van der Waals surface area contributed by atoms with Crippen molar-refractivity contribution in [3.63, 3.8) is 0 Å². The van der Waals surface area contributed by atoms with Gasteiger partial charge in [-0.1, -0.05) is 37.6 Å². The molecule has 0 unspecified atom stereocenters. The zero-order valence-electron chi connectivity index (χ0n) is 14.7. The molecule has 4 saturated carbocycles. The van der Waals surface area contributed by atoms with E-state index in [2.05, 4.69) is 25.2 Å². The van der Waals surface area contributed by atoms with Crippen molar-refractivity contribution in [2.45, 2.75) is 51.4 Å². The first kappa shape index (κ1) is 16.4. The molecular weight excluding hydrogens is 318 g/mol. The van der Waals surface area contributed by atoms with Gasteiger partial charge in [0.2, 0.25) is 5.91 Å². The smallest absolute Gasteiger partial charge is 0.223 e. The Labute approximate surface area is 150 Å². The minimum Gasteiger partial charge on any atom is -0.355 e. The lowest BCUT2D eigenvalue weighted by atomic mass is 9.51. The second-order valence-electron chi connectivity index (χ2n) is 9.07. The second kappa shape index (κ2) is 6.05. The van der Waals surface area contributed by atoms with Gasteiger partial charge >= 0.3 is 0 Å². The Bertz CT molecular complexity index is 610. The molecule has 0 saturated heterocycles. The number of carbonyl (C=O) groups excluding carboxylic acids is 1. The number of halogens is 1. The topological polar surface area (TPSA) is 29.1 Å². The van der Waals surface area contributed by atoms with Crippen LogP contribution in [0.15, 0.2) is 24.3 Å². The summed E-state index contributed by atoms with van der Waals surface area (Å²) in [4.78, 5) is 12.9. The first-order valence-corrected chi connectivity index (χ1v) is 9.84. The Hall–Kier alpha value is -1.02. The molecule has 5 rings (SSSR count). The normalized spacial score (nSPS) is 34.4. The van der Waals surface area contributed by atoms with Gasteiger partial charge in [0, 0.05) is 22.9 Å². The average molecular weight is 346 g/mol. The standard InChI is InChI=1S/C21H28ClNO/c1-21(2,17-4-3-5-18(22)11-17)12-23-20(24)19-15-7-13-6-14(9-15)10-16(19)8-13/h3-5,11,13-16,19H,6-10,12H2,1-2H3,(H,23,24). The summed E-state index contributed by atoms with van der Waals surface area (Å²) >= 11 is 6.13. The molecule has 4 bridgehead atoms. The minimum atomic E-state index is -0.105. The Morgan fingerprint density at radius 3 is 2.33 bits per heavy atom. The molecule has 1 aromatic carbocycles. The van der Waals surface area contributed by atoms with Gasteiger partial charge < -0.3 is 5.32 Å². The van der Waals surface area contributed by atoms with Gasteiger partial charge in [-0.3, -0.25) is 4.79 Å². The first-order valence-electron chi connectivity index (χ1n) is 9.46. The predicted octanol–water partition coefficient (Wildman–Crippen LogP) is 4.81. The van der Waals surface area contributed by atoms with Crippen LogP contribution in [0.4, 0.5) is 0 Å². The third kappa shape index (κ3) is 2.98. The van der Waals surface area contributed by atoms with Crippen LogP contribution in [0.25, 0.3) is 0 Å². The molecule has 24 heavy (non-hydrogen) atoms. The largest absolute Gasteiger partial charge is 0.355 e. The molecule has 3 heteroatoms. The molecule has 0 atom stereocenters. The van der Waals surface area contributed by atoms with Crippen LogP contribution in [-0.2, 0) is 10.2 Å². The number of hydrogen-bond donors (Lipinski definition) is 1. The molecule has 2 nitrogen and oxygen atoms in total. The highest BCUT2D eigenvalue weighted by Crippen LogP contribution is 2.56. The summed E-state index contributed by atoms with van der Waals surface area (Å²) in [5, 5.41) is 4.04. The van der Waals surface area contributed by atoms with Crippen LogP contribution < -0.4 is 5.32 Å². The van der Waals surface area contributed by atoms with E-state index in [9.17, 15) is 4.79 Å². The Morgan fingerprint density at radius 1 is 1.12 bits per heavy atom. The second-order valence-corrected chi connectivity index (χ2v) is 9.50. The number of nitrogens with one attached hydrogen (secondary N) is 1. The molecule has 0 aliphatic heterocycles.